The van der Waals surface area contributed by atoms with Gasteiger partial charge in [0.25, 0.3) is 11.7 Å². The molecule has 3 heterocycles. The molecule has 1 amide bonds. The van der Waals surface area contributed by atoms with Crippen molar-refractivity contribution in [3.05, 3.63) is 65.5 Å². The largest absolute Gasteiger partial charge is 0.507 e. The van der Waals surface area contributed by atoms with Crippen LogP contribution in [0.4, 0.5) is 0 Å². The molecule has 0 bridgehead atoms. The van der Waals surface area contributed by atoms with Crippen molar-refractivity contribution in [2.24, 2.45) is 0 Å². The van der Waals surface area contributed by atoms with Crippen molar-refractivity contribution < 1.29 is 24.2 Å². The van der Waals surface area contributed by atoms with E-state index in [4.69, 9.17) is 9.47 Å². The maximum atomic E-state index is 13.0. The number of Topliss-reactive ketones (excluding diaryl/α,β-unsaturated/α-hetero) is 1. The van der Waals surface area contributed by atoms with Crippen molar-refractivity contribution in [2.45, 2.75) is 12.5 Å². The van der Waals surface area contributed by atoms with Crippen LogP contribution in [0.25, 0.3) is 5.76 Å². The first-order valence-corrected chi connectivity index (χ1v) is 10.7. The zero-order chi connectivity index (χ0) is 22.5. The Kier molecular flexibility index (Phi) is 6.82. The van der Waals surface area contributed by atoms with Crippen molar-refractivity contribution in [1.82, 2.24) is 14.8 Å². The molecular formula is C24H27N3O5. The monoisotopic (exact) mass is 437 g/mol. The smallest absolute Gasteiger partial charge is 0.295 e. The second-order valence-corrected chi connectivity index (χ2v) is 7.81. The molecule has 0 aliphatic carbocycles. The van der Waals surface area contributed by atoms with Crippen molar-refractivity contribution in [2.75, 3.05) is 46.5 Å². The van der Waals surface area contributed by atoms with Crippen LogP contribution in [-0.2, 0) is 14.3 Å². The number of amides is 1. The molecule has 2 aliphatic rings. The number of rotatable bonds is 7. The summed E-state index contributed by atoms with van der Waals surface area (Å²) in [5.41, 5.74) is 1.29. The Morgan fingerprint density at radius 2 is 1.78 bits per heavy atom. The van der Waals surface area contributed by atoms with Gasteiger partial charge in [-0.1, -0.05) is 12.1 Å². The molecule has 1 atom stereocenters. The molecular weight excluding hydrogens is 410 g/mol. The van der Waals surface area contributed by atoms with Crippen molar-refractivity contribution in [3.63, 3.8) is 0 Å². The quantitative estimate of drug-likeness (QED) is 0.403. The van der Waals surface area contributed by atoms with Crippen molar-refractivity contribution >= 4 is 17.4 Å². The van der Waals surface area contributed by atoms with Crippen molar-refractivity contribution in [3.8, 4) is 5.75 Å². The van der Waals surface area contributed by atoms with E-state index in [1.165, 1.54) is 12.4 Å². The molecule has 2 fully saturated rings. The summed E-state index contributed by atoms with van der Waals surface area (Å²) in [6.45, 7) is 4.37. The van der Waals surface area contributed by atoms with E-state index in [2.05, 4.69) is 9.88 Å². The SMILES string of the molecule is COc1ccc([C@@H]2C(=C(O)c3ccncc3)C(=O)C(=O)N2CCCN2CCOCC2)cc1. The number of likely N-dealkylation sites (tertiary alicyclic amines) is 1. The third-order valence-corrected chi connectivity index (χ3v) is 5.90. The van der Waals surface area contributed by atoms with Gasteiger partial charge in [0.05, 0.1) is 31.9 Å². The predicted octanol–water partition coefficient (Wildman–Crippen LogP) is 2.23. The van der Waals surface area contributed by atoms with Crippen LogP contribution in [0.2, 0.25) is 0 Å². The minimum Gasteiger partial charge on any atom is -0.507 e. The maximum absolute atomic E-state index is 13.0. The summed E-state index contributed by atoms with van der Waals surface area (Å²) in [5.74, 6) is -0.788. The third-order valence-electron chi connectivity index (χ3n) is 5.90. The van der Waals surface area contributed by atoms with Crippen LogP contribution in [0.5, 0.6) is 5.75 Å². The van der Waals surface area contributed by atoms with E-state index in [1.54, 1.807) is 36.3 Å². The predicted molar refractivity (Wildman–Crippen MR) is 118 cm³/mol. The van der Waals surface area contributed by atoms with Gasteiger partial charge >= 0.3 is 0 Å². The fourth-order valence-corrected chi connectivity index (χ4v) is 4.20. The topological polar surface area (TPSA) is 92.2 Å². The summed E-state index contributed by atoms with van der Waals surface area (Å²) in [6, 6.07) is 9.79. The van der Waals surface area contributed by atoms with Gasteiger partial charge in [-0.05, 0) is 36.2 Å². The van der Waals surface area contributed by atoms with Crippen LogP contribution in [0, 0.1) is 0 Å². The average molecular weight is 437 g/mol. The molecule has 8 nitrogen and oxygen atoms in total. The first kappa shape index (κ1) is 22.0. The molecule has 2 saturated heterocycles. The van der Waals surface area contributed by atoms with Gasteiger partial charge in [0.15, 0.2) is 0 Å². The molecule has 4 rings (SSSR count). The standard InChI is InChI=1S/C24H27N3O5/c1-31-19-5-3-17(4-6-19)21-20(22(28)18-7-9-25-10-8-18)23(29)24(30)27(21)12-2-11-26-13-15-32-16-14-26/h3-10,21,28H,2,11-16H2,1H3/t21-/m1/s1. The van der Waals surface area contributed by atoms with E-state index in [-0.39, 0.29) is 11.3 Å². The first-order valence-electron chi connectivity index (χ1n) is 10.7. The summed E-state index contributed by atoms with van der Waals surface area (Å²) in [4.78, 5) is 33.8. The number of hydrogen-bond donors (Lipinski definition) is 1. The van der Waals surface area contributed by atoms with Crippen LogP contribution < -0.4 is 4.74 Å². The van der Waals surface area contributed by atoms with Gasteiger partial charge in [0.1, 0.15) is 11.5 Å². The maximum Gasteiger partial charge on any atom is 0.295 e. The zero-order valence-electron chi connectivity index (χ0n) is 18.1. The highest BCUT2D eigenvalue weighted by Gasteiger charge is 2.45. The highest BCUT2D eigenvalue weighted by Crippen LogP contribution is 2.39. The van der Waals surface area contributed by atoms with Crippen LogP contribution in [0.15, 0.2) is 54.4 Å². The Balaban J connectivity index is 1.65. The summed E-state index contributed by atoms with van der Waals surface area (Å²) < 4.78 is 10.6. The van der Waals surface area contributed by atoms with E-state index in [9.17, 15) is 14.7 Å². The van der Waals surface area contributed by atoms with Crippen molar-refractivity contribution in [1.29, 1.82) is 0 Å². The summed E-state index contributed by atoms with van der Waals surface area (Å²) in [6.07, 6.45) is 3.79. The van der Waals surface area contributed by atoms with Gasteiger partial charge in [-0.25, -0.2) is 0 Å². The number of aliphatic hydroxyl groups excluding tert-OH is 1. The lowest BCUT2D eigenvalue weighted by Crippen LogP contribution is -2.38. The number of ether oxygens (including phenoxy) is 2. The molecule has 2 aliphatic heterocycles. The number of pyridine rings is 1. The van der Waals surface area contributed by atoms with Crippen LogP contribution in [-0.4, -0.2) is 78.1 Å². The molecule has 0 saturated carbocycles. The molecule has 1 N–H and O–H groups in total. The normalized spacial score (nSPS) is 21.2. The molecule has 8 heteroatoms. The number of carbonyl (C=O) groups excluding carboxylic acids is 2. The Bertz CT molecular complexity index is 984. The number of methoxy groups -OCH3 is 1. The first-order chi connectivity index (χ1) is 15.6. The van der Waals surface area contributed by atoms with E-state index in [1.807, 2.05) is 12.1 Å². The van der Waals surface area contributed by atoms with Gasteiger partial charge in [0.2, 0.25) is 0 Å². The van der Waals surface area contributed by atoms with Gasteiger partial charge in [-0.2, -0.15) is 0 Å². The molecule has 32 heavy (non-hydrogen) atoms. The van der Waals surface area contributed by atoms with Crippen LogP contribution in [0.3, 0.4) is 0 Å². The number of nitrogens with zero attached hydrogens (tertiary/aromatic N) is 3. The number of aliphatic hydroxyl groups is 1. The molecule has 1 aromatic carbocycles. The van der Waals surface area contributed by atoms with E-state index >= 15 is 0 Å². The lowest BCUT2D eigenvalue weighted by molar-refractivity contribution is -0.140. The van der Waals surface area contributed by atoms with Gasteiger partial charge in [0, 0.05) is 44.1 Å². The number of ketones is 1. The number of benzene rings is 1. The molecule has 0 radical (unpaired) electrons. The fraction of sp³-hybridized carbons (Fsp3) is 0.375. The van der Waals surface area contributed by atoms with Crippen LogP contribution >= 0.6 is 0 Å². The molecule has 0 unspecified atom stereocenters. The third kappa shape index (κ3) is 4.51. The fourth-order valence-electron chi connectivity index (χ4n) is 4.20. The minimum absolute atomic E-state index is 0.0951. The minimum atomic E-state index is -0.675. The average Bonchev–Trinajstić information content (AvgIpc) is 3.10. The number of carbonyl (C=O) groups is 2. The van der Waals surface area contributed by atoms with E-state index < -0.39 is 17.7 Å². The van der Waals surface area contributed by atoms with E-state index in [0.717, 1.165) is 31.6 Å². The van der Waals surface area contributed by atoms with Gasteiger partial charge in [-0.15, -0.1) is 0 Å². The second-order valence-electron chi connectivity index (χ2n) is 7.81. The zero-order valence-corrected chi connectivity index (χ0v) is 18.1. The molecule has 0 spiro atoms. The second kappa shape index (κ2) is 9.93. The van der Waals surface area contributed by atoms with Crippen LogP contribution in [0.1, 0.15) is 23.6 Å². The summed E-state index contributed by atoms with van der Waals surface area (Å²) in [7, 11) is 1.58. The Morgan fingerprint density at radius 3 is 2.44 bits per heavy atom. The highest BCUT2D eigenvalue weighted by atomic mass is 16.5. The summed E-state index contributed by atoms with van der Waals surface area (Å²) in [5, 5.41) is 11.0. The molecule has 2 aromatic rings. The number of hydrogen-bond acceptors (Lipinski definition) is 7. The van der Waals surface area contributed by atoms with Gasteiger partial charge < -0.3 is 19.5 Å². The number of aromatic nitrogens is 1. The Hall–Kier alpha value is -3.23. The Morgan fingerprint density at radius 1 is 1.09 bits per heavy atom. The lowest BCUT2D eigenvalue weighted by atomic mass is 9.95. The van der Waals surface area contributed by atoms with Gasteiger partial charge in [-0.3, -0.25) is 19.5 Å². The molecule has 1 aromatic heterocycles. The Labute approximate surface area is 187 Å². The molecule has 168 valence electrons. The lowest BCUT2D eigenvalue weighted by Gasteiger charge is -2.29. The highest BCUT2D eigenvalue weighted by molar-refractivity contribution is 6.46. The van der Waals surface area contributed by atoms with E-state index in [0.29, 0.717) is 31.1 Å². The summed E-state index contributed by atoms with van der Waals surface area (Å²) >= 11 is 0. The number of morpholine rings is 1.